The van der Waals surface area contributed by atoms with Crippen molar-refractivity contribution in [2.45, 2.75) is 57.3 Å². The summed E-state index contributed by atoms with van der Waals surface area (Å²) < 4.78 is 6.22. The molecule has 2 aliphatic heterocycles. The highest BCUT2D eigenvalue weighted by atomic mass is 16.5. The number of benzene rings is 2. The first-order chi connectivity index (χ1) is 12.1. The molecule has 132 valence electrons. The summed E-state index contributed by atoms with van der Waals surface area (Å²) in [6, 6.07) is 18.2. The second-order valence-corrected chi connectivity index (χ2v) is 7.92. The fraction of sp³-hybridized carbons (Fsp3) is 0.455. The van der Waals surface area contributed by atoms with E-state index in [1.165, 1.54) is 29.5 Å². The zero-order chi connectivity index (χ0) is 17.3. The van der Waals surface area contributed by atoms with Gasteiger partial charge >= 0.3 is 0 Å². The van der Waals surface area contributed by atoms with E-state index in [1.54, 1.807) is 0 Å². The van der Waals surface area contributed by atoms with Crippen LogP contribution >= 0.6 is 0 Å². The van der Waals surface area contributed by atoms with E-state index in [-0.39, 0.29) is 5.60 Å². The molecular formula is C22H28N2O. The van der Waals surface area contributed by atoms with Gasteiger partial charge in [-0.05, 0) is 44.4 Å². The minimum Gasteiger partial charge on any atom is -0.487 e. The van der Waals surface area contributed by atoms with Crippen molar-refractivity contribution in [2.24, 2.45) is 0 Å². The zero-order valence-electron chi connectivity index (χ0n) is 15.2. The Morgan fingerprint density at radius 3 is 2.80 bits per heavy atom. The van der Waals surface area contributed by atoms with E-state index in [9.17, 15) is 0 Å². The summed E-state index contributed by atoms with van der Waals surface area (Å²) in [7, 11) is 0. The van der Waals surface area contributed by atoms with Crippen molar-refractivity contribution >= 4 is 0 Å². The molecule has 0 radical (unpaired) electrons. The number of nitrogens with one attached hydrogen (secondary N) is 2. The van der Waals surface area contributed by atoms with Gasteiger partial charge in [-0.2, -0.15) is 0 Å². The van der Waals surface area contributed by atoms with Crippen LogP contribution in [0.5, 0.6) is 5.75 Å². The average molecular weight is 336 g/mol. The summed E-state index contributed by atoms with van der Waals surface area (Å²) >= 11 is 0. The summed E-state index contributed by atoms with van der Waals surface area (Å²) in [5.74, 6) is 1.10. The van der Waals surface area contributed by atoms with Crippen LogP contribution in [0.2, 0.25) is 0 Å². The number of hydrogen-bond acceptors (Lipinski definition) is 3. The molecule has 0 aliphatic carbocycles. The van der Waals surface area contributed by atoms with Crippen molar-refractivity contribution in [2.75, 3.05) is 6.54 Å². The summed E-state index contributed by atoms with van der Waals surface area (Å²) in [6.45, 7) is 6.28. The van der Waals surface area contributed by atoms with Crippen LogP contribution in [0, 0.1) is 0 Å². The van der Waals surface area contributed by atoms with E-state index in [2.05, 4.69) is 73.0 Å². The van der Waals surface area contributed by atoms with E-state index < -0.39 is 0 Å². The molecule has 4 rings (SSSR count). The molecule has 0 bridgehead atoms. The number of rotatable bonds is 4. The first-order valence-electron chi connectivity index (χ1n) is 9.44. The molecule has 2 aromatic carbocycles. The first kappa shape index (κ1) is 16.6. The molecule has 2 atom stereocenters. The third kappa shape index (κ3) is 3.58. The Morgan fingerprint density at radius 2 is 1.96 bits per heavy atom. The van der Waals surface area contributed by atoms with Crippen LogP contribution in [0.3, 0.4) is 0 Å². The summed E-state index contributed by atoms with van der Waals surface area (Å²) in [4.78, 5) is 0. The first-order valence-corrected chi connectivity index (χ1v) is 9.44. The molecule has 0 amide bonds. The molecule has 2 aromatic rings. The predicted molar refractivity (Wildman–Crippen MR) is 102 cm³/mol. The van der Waals surface area contributed by atoms with Crippen LogP contribution in [-0.2, 0) is 13.0 Å². The molecule has 2 heterocycles. The van der Waals surface area contributed by atoms with E-state index in [4.69, 9.17) is 4.74 Å². The van der Waals surface area contributed by atoms with Crippen LogP contribution in [-0.4, -0.2) is 18.2 Å². The van der Waals surface area contributed by atoms with Gasteiger partial charge in [0.15, 0.2) is 0 Å². The van der Waals surface area contributed by atoms with E-state index in [0.717, 1.165) is 25.3 Å². The van der Waals surface area contributed by atoms with E-state index in [1.807, 2.05) is 0 Å². The van der Waals surface area contributed by atoms with Gasteiger partial charge in [-0.3, -0.25) is 0 Å². The lowest BCUT2D eigenvalue weighted by Crippen LogP contribution is -2.45. The maximum Gasteiger partial charge on any atom is 0.127 e. The largest absolute Gasteiger partial charge is 0.487 e. The number of fused-ring (bicyclic) bond motifs is 1. The van der Waals surface area contributed by atoms with Crippen molar-refractivity contribution < 1.29 is 4.74 Å². The Balaban J connectivity index is 1.49. The topological polar surface area (TPSA) is 33.3 Å². The van der Waals surface area contributed by atoms with Gasteiger partial charge in [0.25, 0.3) is 0 Å². The number of para-hydroxylation sites is 1. The second kappa shape index (κ2) is 6.81. The number of piperidine rings is 1. The maximum atomic E-state index is 6.22. The fourth-order valence-corrected chi connectivity index (χ4v) is 4.18. The molecule has 1 saturated heterocycles. The molecular weight excluding hydrogens is 308 g/mol. The van der Waals surface area contributed by atoms with Crippen molar-refractivity contribution in [3.05, 3.63) is 65.2 Å². The van der Waals surface area contributed by atoms with E-state index >= 15 is 0 Å². The minimum atomic E-state index is -0.0859. The summed E-state index contributed by atoms with van der Waals surface area (Å²) in [6.07, 6.45) is 3.42. The van der Waals surface area contributed by atoms with Crippen LogP contribution in [0.4, 0.5) is 0 Å². The van der Waals surface area contributed by atoms with Gasteiger partial charge in [0.2, 0.25) is 0 Å². The lowest BCUT2D eigenvalue weighted by atomic mass is 9.92. The lowest BCUT2D eigenvalue weighted by molar-refractivity contribution is 0.137. The smallest absolute Gasteiger partial charge is 0.127 e. The monoisotopic (exact) mass is 336 g/mol. The van der Waals surface area contributed by atoms with Gasteiger partial charge in [-0.15, -0.1) is 0 Å². The van der Waals surface area contributed by atoms with Gasteiger partial charge in [-0.1, -0.05) is 48.5 Å². The standard InChI is InChI=1S/C22H28N2O/c1-22(2)14-17-10-6-11-18(21(17)25-22)15-24-19-12-7-13-23-20(19)16-8-4-3-5-9-16/h3-6,8-11,19-20,23-24H,7,12-15H2,1-2H3. The Bertz CT molecular complexity index is 726. The molecule has 2 unspecified atom stereocenters. The fourth-order valence-electron chi connectivity index (χ4n) is 4.18. The minimum absolute atomic E-state index is 0.0859. The number of hydrogen-bond donors (Lipinski definition) is 2. The molecule has 3 nitrogen and oxygen atoms in total. The molecule has 2 aliphatic rings. The molecule has 25 heavy (non-hydrogen) atoms. The van der Waals surface area contributed by atoms with Gasteiger partial charge in [0.1, 0.15) is 11.4 Å². The van der Waals surface area contributed by atoms with Gasteiger partial charge in [-0.25, -0.2) is 0 Å². The van der Waals surface area contributed by atoms with Crippen LogP contribution in [0.25, 0.3) is 0 Å². The van der Waals surface area contributed by atoms with Crippen molar-refractivity contribution in [3.8, 4) is 5.75 Å². The maximum absolute atomic E-state index is 6.22. The van der Waals surface area contributed by atoms with Crippen LogP contribution in [0.1, 0.15) is 49.4 Å². The molecule has 2 N–H and O–H groups in total. The van der Waals surface area contributed by atoms with Gasteiger partial charge < -0.3 is 15.4 Å². The molecule has 0 saturated carbocycles. The average Bonchev–Trinajstić information content (AvgIpc) is 2.95. The van der Waals surface area contributed by atoms with Crippen molar-refractivity contribution in [1.29, 1.82) is 0 Å². The SMILES string of the molecule is CC1(C)Cc2cccc(CNC3CCCNC3c3ccccc3)c2O1. The Hall–Kier alpha value is -1.84. The Morgan fingerprint density at radius 1 is 1.12 bits per heavy atom. The summed E-state index contributed by atoms with van der Waals surface area (Å²) in [5, 5.41) is 7.49. The highest BCUT2D eigenvalue weighted by Crippen LogP contribution is 2.37. The molecule has 3 heteroatoms. The highest BCUT2D eigenvalue weighted by molar-refractivity contribution is 5.45. The van der Waals surface area contributed by atoms with E-state index in [0.29, 0.717) is 12.1 Å². The predicted octanol–water partition coefficient (Wildman–Crippen LogP) is 3.98. The van der Waals surface area contributed by atoms with Crippen molar-refractivity contribution in [3.63, 3.8) is 0 Å². The number of ether oxygens (including phenoxy) is 1. The Labute approximate surface area is 150 Å². The van der Waals surface area contributed by atoms with Gasteiger partial charge in [0, 0.05) is 30.6 Å². The molecule has 0 spiro atoms. The van der Waals surface area contributed by atoms with Crippen LogP contribution < -0.4 is 15.4 Å². The highest BCUT2D eigenvalue weighted by Gasteiger charge is 2.32. The quantitative estimate of drug-likeness (QED) is 0.886. The third-order valence-electron chi connectivity index (χ3n) is 5.34. The Kier molecular flexibility index (Phi) is 4.53. The third-order valence-corrected chi connectivity index (χ3v) is 5.34. The lowest BCUT2D eigenvalue weighted by Gasteiger charge is -2.34. The molecule has 1 fully saturated rings. The zero-order valence-corrected chi connectivity index (χ0v) is 15.2. The second-order valence-electron chi connectivity index (χ2n) is 7.92. The normalized spacial score (nSPS) is 24.6. The van der Waals surface area contributed by atoms with Crippen molar-refractivity contribution in [1.82, 2.24) is 10.6 Å². The summed E-state index contributed by atoms with van der Waals surface area (Å²) in [5.41, 5.74) is 3.90. The molecule has 0 aromatic heterocycles. The van der Waals surface area contributed by atoms with Gasteiger partial charge in [0.05, 0.1) is 0 Å². The van der Waals surface area contributed by atoms with Crippen LogP contribution in [0.15, 0.2) is 48.5 Å².